The first-order valence-corrected chi connectivity index (χ1v) is 9.92. The van der Waals surface area contributed by atoms with Crippen molar-refractivity contribution in [2.24, 2.45) is 0 Å². The third-order valence-corrected chi connectivity index (χ3v) is 5.91. The molecule has 1 aliphatic rings. The Morgan fingerprint density at radius 1 is 0.938 bits per heavy atom. The van der Waals surface area contributed by atoms with Gasteiger partial charge < -0.3 is 18.8 Å². The topological polar surface area (TPSA) is 67.1 Å². The van der Waals surface area contributed by atoms with E-state index in [0.29, 0.717) is 17.1 Å². The lowest BCUT2D eigenvalue weighted by atomic mass is 9.85. The molecular formula is C21H23BF3N3O4. The summed E-state index contributed by atoms with van der Waals surface area (Å²) >= 11 is 0. The van der Waals surface area contributed by atoms with Crippen LogP contribution in [0.1, 0.15) is 33.4 Å². The average Bonchev–Trinajstić information content (AvgIpc) is 3.23. The van der Waals surface area contributed by atoms with E-state index >= 15 is 0 Å². The normalized spacial score (nSPS) is 17.7. The fraction of sp³-hybridized carbons (Fsp3) is 0.429. The van der Waals surface area contributed by atoms with Crippen molar-refractivity contribution in [3.05, 3.63) is 36.0 Å². The van der Waals surface area contributed by atoms with E-state index in [2.05, 4.69) is 10.1 Å². The van der Waals surface area contributed by atoms with Crippen LogP contribution in [0, 0.1) is 0 Å². The molecule has 1 fully saturated rings. The molecule has 0 aliphatic carbocycles. The molecule has 0 spiro atoms. The standard InChI is InChI=1S/C21H23BF3N3O4/c1-19(2)20(3,4)32-22(31-19)17-11-18-26-13(10-16(21(23,24)25)28(18)27-17)12-7-8-14(29-5)15(9-12)30-6/h7-11H,1-6H3. The number of ether oxygens (including phenoxy) is 2. The number of halogens is 3. The van der Waals surface area contributed by atoms with Gasteiger partial charge >= 0.3 is 13.3 Å². The highest BCUT2D eigenvalue weighted by Crippen LogP contribution is 2.37. The number of nitrogens with zero attached hydrogens (tertiary/aromatic N) is 3. The molecule has 3 aromatic rings. The molecule has 11 heteroatoms. The van der Waals surface area contributed by atoms with Gasteiger partial charge in [0.25, 0.3) is 0 Å². The van der Waals surface area contributed by atoms with Crippen LogP contribution >= 0.6 is 0 Å². The molecule has 2 aromatic heterocycles. The van der Waals surface area contributed by atoms with Gasteiger partial charge in [0.1, 0.15) is 0 Å². The Hall–Kier alpha value is -2.79. The predicted molar refractivity (Wildman–Crippen MR) is 112 cm³/mol. The van der Waals surface area contributed by atoms with Gasteiger partial charge in [0.2, 0.25) is 0 Å². The van der Waals surface area contributed by atoms with Crippen molar-refractivity contribution in [1.82, 2.24) is 14.6 Å². The molecule has 0 bridgehead atoms. The maximum Gasteiger partial charge on any atom is 0.516 e. The Balaban J connectivity index is 1.84. The summed E-state index contributed by atoms with van der Waals surface area (Å²) in [4.78, 5) is 4.41. The lowest BCUT2D eigenvalue weighted by Gasteiger charge is -2.32. The molecule has 0 radical (unpaired) electrons. The summed E-state index contributed by atoms with van der Waals surface area (Å²) in [6.07, 6.45) is -4.66. The zero-order chi connectivity index (χ0) is 23.5. The molecule has 1 aromatic carbocycles. The number of benzene rings is 1. The molecule has 170 valence electrons. The smallest absolute Gasteiger partial charge is 0.493 e. The van der Waals surface area contributed by atoms with Crippen molar-refractivity contribution < 1.29 is 32.0 Å². The molecule has 4 rings (SSSR count). The number of rotatable bonds is 4. The van der Waals surface area contributed by atoms with E-state index in [1.165, 1.54) is 20.3 Å². The fourth-order valence-electron chi connectivity index (χ4n) is 3.42. The van der Waals surface area contributed by atoms with E-state index in [0.717, 1.165) is 10.6 Å². The first-order valence-electron chi connectivity index (χ1n) is 9.92. The Morgan fingerprint density at radius 2 is 1.56 bits per heavy atom. The highest BCUT2D eigenvalue weighted by atomic mass is 19.4. The Bertz CT molecular complexity index is 1160. The Morgan fingerprint density at radius 3 is 2.12 bits per heavy atom. The molecule has 1 saturated heterocycles. The van der Waals surface area contributed by atoms with Gasteiger partial charge in [-0.1, -0.05) is 0 Å². The zero-order valence-electron chi connectivity index (χ0n) is 18.6. The van der Waals surface area contributed by atoms with Gasteiger partial charge in [-0.05, 0) is 52.0 Å². The monoisotopic (exact) mass is 449 g/mol. The zero-order valence-corrected chi connectivity index (χ0v) is 18.6. The maximum absolute atomic E-state index is 13.9. The molecule has 32 heavy (non-hydrogen) atoms. The minimum atomic E-state index is -4.66. The first kappa shape index (κ1) is 22.4. The Labute approximate surface area is 183 Å². The van der Waals surface area contributed by atoms with E-state index in [9.17, 15) is 13.2 Å². The van der Waals surface area contributed by atoms with Crippen molar-refractivity contribution in [2.45, 2.75) is 45.1 Å². The fourth-order valence-corrected chi connectivity index (χ4v) is 3.42. The summed E-state index contributed by atoms with van der Waals surface area (Å²) < 4.78 is 64.9. The molecule has 7 nitrogen and oxygen atoms in total. The molecule has 0 unspecified atom stereocenters. The number of fused-ring (bicyclic) bond motifs is 1. The van der Waals surface area contributed by atoms with Crippen LogP contribution in [0.25, 0.3) is 16.9 Å². The van der Waals surface area contributed by atoms with Crippen molar-refractivity contribution in [3.8, 4) is 22.8 Å². The van der Waals surface area contributed by atoms with E-state index in [-0.39, 0.29) is 16.9 Å². The minimum absolute atomic E-state index is 0.0225. The van der Waals surface area contributed by atoms with Gasteiger partial charge in [0, 0.05) is 11.6 Å². The van der Waals surface area contributed by atoms with Crippen LogP contribution in [-0.4, -0.2) is 47.1 Å². The van der Waals surface area contributed by atoms with Crippen LogP contribution in [-0.2, 0) is 15.5 Å². The average molecular weight is 449 g/mol. The molecular weight excluding hydrogens is 426 g/mol. The summed E-state index contributed by atoms with van der Waals surface area (Å²) in [5.74, 6) is 0.840. The summed E-state index contributed by atoms with van der Waals surface area (Å²) in [6.45, 7) is 7.43. The third-order valence-electron chi connectivity index (χ3n) is 5.91. The first-order chi connectivity index (χ1) is 14.9. The SMILES string of the molecule is COc1ccc(-c2cc(C(F)(F)F)n3nc(B4OC(C)(C)C(C)(C)O4)cc3n2)cc1OC. The largest absolute Gasteiger partial charge is 0.516 e. The molecule has 0 N–H and O–H groups in total. The third kappa shape index (κ3) is 3.69. The predicted octanol–water partition coefficient (Wildman–Crippen LogP) is 3.73. The molecule has 0 saturated carbocycles. The molecule has 1 aliphatic heterocycles. The highest BCUT2D eigenvalue weighted by Gasteiger charge is 2.53. The molecule has 0 amide bonds. The van der Waals surface area contributed by atoms with Crippen LogP contribution < -0.4 is 15.1 Å². The van der Waals surface area contributed by atoms with Gasteiger partial charge in [-0.25, -0.2) is 9.50 Å². The summed E-state index contributed by atoms with van der Waals surface area (Å²) in [5, 5.41) is 4.13. The van der Waals surface area contributed by atoms with Gasteiger partial charge in [-0.15, -0.1) is 0 Å². The highest BCUT2D eigenvalue weighted by molar-refractivity contribution is 6.61. The van der Waals surface area contributed by atoms with E-state index < -0.39 is 30.2 Å². The van der Waals surface area contributed by atoms with Gasteiger partial charge in [0.05, 0.1) is 36.7 Å². The van der Waals surface area contributed by atoms with E-state index in [1.807, 2.05) is 27.7 Å². The van der Waals surface area contributed by atoms with Crippen LogP contribution in [0.3, 0.4) is 0 Å². The van der Waals surface area contributed by atoms with Crippen LogP contribution in [0.2, 0.25) is 0 Å². The minimum Gasteiger partial charge on any atom is -0.493 e. The van der Waals surface area contributed by atoms with Crippen molar-refractivity contribution in [1.29, 1.82) is 0 Å². The second-order valence-electron chi connectivity index (χ2n) is 8.52. The quantitative estimate of drug-likeness (QED) is 0.566. The van der Waals surface area contributed by atoms with Crippen molar-refractivity contribution >= 4 is 18.4 Å². The van der Waals surface area contributed by atoms with Crippen LogP contribution in [0.5, 0.6) is 11.5 Å². The maximum atomic E-state index is 13.9. The second kappa shape index (κ2) is 7.38. The summed E-state index contributed by atoms with van der Waals surface area (Å²) in [7, 11) is 2.02. The van der Waals surface area contributed by atoms with Crippen molar-refractivity contribution in [3.63, 3.8) is 0 Å². The van der Waals surface area contributed by atoms with Crippen molar-refractivity contribution in [2.75, 3.05) is 14.2 Å². The summed E-state index contributed by atoms with van der Waals surface area (Å²) in [5.41, 5.74) is -1.48. The number of aromatic nitrogens is 3. The van der Waals surface area contributed by atoms with E-state index in [1.54, 1.807) is 18.2 Å². The number of methoxy groups -OCH3 is 2. The number of hydrogen-bond donors (Lipinski definition) is 0. The summed E-state index contributed by atoms with van der Waals surface area (Å²) in [6, 6.07) is 7.20. The molecule has 3 heterocycles. The lowest BCUT2D eigenvalue weighted by molar-refractivity contribution is -0.142. The van der Waals surface area contributed by atoms with Crippen LogP contribution in [0.15, 0.2) is 30.3 Å². The van der Waals surface area contributed by atoms with Gasteiger partial charge in [-0.3, -0.25) is 0 Å². The lowest BCUT2D eigenvalue weighted by Crippen LogP contribution is -2.41. The number of hydrogen-bond acceptors (Lipinski definition) is 6. The second-order valence-corrected chi connectivity index (χ2v) is 8.52. The van der Waals surface area contributed by atoms with E-state index in [4.69, 9.17) is 18.8 Å². The number of alkyl halides is 3. The van der Waals surface area contributed by atoms with Gasteiger partial charge in [0.15, 0.2) is 22.8 Å². The molecule has 0 atom stereocenters. The van der Waals surface area contributed by atoms with Gasteiger partial charge in [-0.2, -0.15) is 18.3 Å². The van der Waals surface area contributed by atoms with Crippen LogP contribution in [0.4, 0.5) is 13.2 Å². The Kier molecular flexibility index (Phi) is 5.17.